The summed E-state index contributed by atoms with van der Waals surface area (Å²) in [5.41, 5.74) is 1.10. The second-order valence-electron chi connectivity index (χ2n) is 4.99. The molecule has 0 amide bonds. The van der Waals surface area contributed by atoms with Gasteiger partial charge in [-0.25, -0.2) is 8.78 Å². The van der Waals surface area contributed by atoms with Crippen molar-refractivity contribution in [1.82, 2.24) is 0 Å². The molecule has 0 heterocycles. The van der Waals surface area contributed by atoms with Crippen LogP contribution in [-0.2, 0) is 11.8 Å². The predicted octanol–water partition coefficient (Wildman–Crippen LogP) is 3.15. The Morgan fingerprint density at radius 1 is 1.19 bits per heavy atom. The van der Waals surface area contributed by atoms with Gasteiger partial charge in [0.1, 0.15) is 0 Å². The first-order chi connectivity index (χ1) is 7.24. The maximum Gasteiger partial charge on any atom is 0.249 e. The van der Waals surface area contributed by atoms with Crippen LogP contribution in [0.1, 0.15) is 31.9 Å². The summed E-state index contributed by atoms with van der Waals surface area (Å²) >= 11 is 0. The summed E-state index contributed by atoms with van der Waals surface area (Å²) in [6.45, 7) is 4.68. The quantitative estimate of drug-likeness (QED) is 0.839. The van der Waals surface area contributed by atoms with Gasteiger partial charge in [0, 0.05) is 11.8 Å². The van der Waals surface area contributed by atoms with E-state index in [0.29, 0.717) is 5.56 Å². The van der Waals surface area contributed by atoms with Crippen molar-refractivity contribution in [2.45, 2.75) is 38.5 Å². The Hall–Kier alpha value is -0.960. The summed E-state index contributed by atoms with van der Waals surface area (Å²) < 4.78 is 25.7. The molecule has 0 unspecified atom stereocenters. The maximum absolute atomic E-state index is 12.9. The minimum Gasteiger partial charge on any atom is -0.395 e. The highest BCUT2D eigenvalue weighted by atomic mass is 19.3. The Morgan fingerprint density at radius 2 is 1.81 bits per heavy atom. The Balaban J connectivity index is 2.96. The molecule has 1 N–H and O–H groups in total. The molecule has 0 atom stereocenters. The number of aliphatic hydroxyl groups is 1. The second kappa shape index (κ2) is 4.50. The Bertz CT molecular complexity index is 353. The van der Waals surface area contributed by atoms with Crippen molar-refractivity contribution >= 4 is 0 Å². The van der Waals surface area contributed by atoms with Crippen LogP contribution in [0, 0.1) is 0 Å². The summed E-state index contributed by atoms with van der Waals surface area (Å²) in [5, 5.41) is 9.22. The lowest BCUT2D eigenvalue weighted by Gasteiger charge is -2.23. The van der Waals surface area contributed by atoms with Crippen molar-refractivity contribution in [1.29, 1.82) is 0 Å². The summed E-state index contributed by atoms with van der Waals surface area (Å²) in [6.07, 6.45) is -0.262. The molecule has 0 bridgehead atoms. The molecule has 0 aromatic heterocycles. The van der Waals surface area contributed by atoms with Gasteiger partial charge < -0.3 is 5.11 Å². The third-order valence-corrected chi connectivity index (χ3v) is 2.62. The predicted molar refractivity (Wildman–Crippen MR) is 60.9 cm³/mol. The van der Waals surface area contributed by atoms with E-state index in [1.165, 1.54) is 0 Å². The standard InChI is InChI=1S/C13H18F2O/c1-12(2,9-16)11-6-4-5-10(7-11)8-13(3,14)15/h4-7,16H,8-9H2,1-3H3. The molecule has 0 saturated heterocycles. The highest BCUT2D eigenvalue weighted by Gasteiger charge is 2.24. The van der Waals surface area contributed by atoms with Crippen LogP contribution in [-0.4, -0.2) is 17.6 Å². The average Bonchev–Trinajstić information content (AvgIpc) is 2.15. The molecule has 1 aromatic carbocycles. The first kappa shape index (κ1) is 13.1. The Labute approximate surface area is 95.1 Å². The molecule has 3 heteroatoms. The smallest absolute Gasteiger partial charge is 0.249 e. The van der Waals surface area contributed by atoms with E-state index in [0.717, 1.165) is 12.5 Å². The van der Waals surface area contributed by atoms with Crippen molar-refractivity contribution in [2.24, 2.45) is 0 Å². The molecule has 0 aliphatic rings. The van der Waals surface area contributed by atoms with Gasteiger partial charge in [0.25, 0.3) is 0 Å². The van der Waals surface area contributed by atoms with Crippen molar-refractivity contribution in [3.05, 3.63) is 35.4 Å². The lowest BCUT2D eigenvalue weighted by atomic mass is 9.84. The third kappa shape index (κ3) is 3.56. The third-order valence-electron chi connectivity index (χ3n) is 2.62. The van der Waals surface area contributed by atoms with Crippen molar-refractivity contribution < 1.29 is 13.9 Å². The molecule has 0 aliphatic carbocycles. The van der Waals surface area contributed by atoms with E-state index in [9.17, 15) is 13.9 Å². The number of hydrogen-bond donors (Lipinski definition) is 1. The topological polar surface area (TPSA) is 20.2 Å². The molecular weight excluding hydrogens is 210 g/mol. The Morgan fingerprint density at radius 3 is 2.31 bits per heavy atom. The van der Waals surface area contributed by atoms with E-state index in [1.54, 1.807) is 18.2 Å². The van der Waals surface area contributed by atoms with E-state index < -0.39 is 5.92 Å². The molecule has 16 heavy (non-hydrogen) atoms. The average molecular weight is 228 g/mol. The minimum absolute atomic E-state index is 0.00102. The molecule has 0 aliphatic heterocycles. The Kier molecular flexibility index (Phi) is 3.68. The summed E-state index contributed by atoms with van der Waals surface area (Å²) in [6, 6.07) is 7.04. The van der Waals surface area contributed by atoms with Crippen LogP contribution in [0.15, 0.2) is 24.3 Å². The fourth-order valence-corrected chi connectivity index (χ4v) is 1.55. The number of rotatable bonds is 4. The monoisotopic (exact) mass is 228 g/mol. The van der Waals surface area contributed by atoms with Crippen LogP contribution in [0.4, 0.5) is 8.78 Å². The largest absolute Gasteiger partial charge is 0.395 e. The SMILES string of the molecule is CC(F)(F)Cc1cccc(C(C)(C)CO)c1. The van der Waals surface area contributed by atoms with Gasteiger partial charge in [0.2, 0.25) is 5.92 Å². The van der Waals surface area contributed by atoms with Crippen LogP contribution < -0.4 is 0 Å². The molecule has 0 spiro atoms. The molecule has 1 nitrogen and oxygen atoms in total. The first-order valence-electron chi connectivity index (χ1n) is 5.33. The highest BCUT2D eigenvalue weighted by Crippen LogP contribution is 2.25. The van der Waals surface area contributed by atoms with Gasteiger partial charge >= 0.3 is 0 Å². The van der Waals surface area contributed by atoms with Gasteiger partial charge in [0.05, 0.1) is 6.61 Å². The summed E-state index contributed by atoms with van der Waals surface area (Å²) in [7, 11) is 0. The number of hydrogen-bond acceptors (Lipinski definition) is 1. The summed E-state index contributed by atoms with van der Waals surface area (Å²) in [5.74, 6) is -2.69. The van der Waals surface area contributed by atoms with Crippen LogP contribution >= 0.6 is 0 Å². The first-order valence-corrected chi connectivity index (χ1v) is 5.33. The minimum atomic E-state index is -2.69. The fourth-order valence-electron chi connectivity index (χ4n) is 1.55. The van der Waals surface area contributed by atoms with Gasteiger partial charge in [-0.1, -0.05) is 38.1 Å². The molecule has 1 rings (SSSR count). The lowest BCUT2D eigenvalue weighted by Crippen LogP contribution is -2.22. The van der Waals surface area contributed by atoms with Crippen LogP contribution in [0.3, 0.4) is 0 Å². The van der Waals surface area contributed by atoms with Crippen LogP contribution in [0.25, 0.3) is 0 Å². The number of alkyl halides is 2. The van der Waals surface area contributed by atoms with Crippen LogP contribution in [0.5, 0.6) is 0 Å². The second-order valence-corrected chi connectivity index (χ2v) is 4.99. The summed E-state index contributed by atoms with van der Waals surface area (Å²) in [4.78, 5) is 0. The van der Waals surface area contributed by atoms with E-state index in [1.807, 2.05) is 19.9 Å². The van der Waals surface area contributed by atoms with E-state index in [-0.39, 0.29) is 18.4 Å². The van der Waals surface area contributed by atoms with E-state index in [4.69, 9.17) is 0 Å². The number of aliphatic hydroxyl groups excluding tert-OH is 1. The number of halogens is 2. The van der Waals surface area contributed by atoms with E-state index >= 15 is 0 Å². The molecule has 0 saturated carbocycles. The molecule has 0 fully saturated rings. The van der Waals surface area contributed by atoms with Crippen molar-refractivity contribution in [3.63, 3.8) is 0 Å². The van der Waals surface area contributed by atoms with Gasteiger partial charge in [-0.2, -0.15) is 0 Å². The zero-order chi connectivity index (χ0) is 12.4. The number of benzene rings is 1. The molecule has 0 radical (unpaired) electrons. The zero-order valence-corrected chi connectivity index (χ0v) is 9.93. The lowest BCUT2D eigenvalue weighted by molar-refractivity contribution is 0.0226. The van der Waals surface area contributed by atoms with Crippen LogP contribution in [0.2, 0.25) is 0 Å². The molecule has 1 aromatic rings. The van der Waals surface area contributed by atoms with E-state index in [2.05, 4.69) is 0 Å². The highest BCUT2D eigenvalue weighted by molar-refractivity contribution is 5.29. The van der Waals surface area contributed by atoms with Crippen molar-refractivity contribution in [2.75, 3.05) is 6.61 Å². The molecular formula is C13H18F2O. The fraction of sp³-hybridized carbons (Fsp3) is 0.538. The molecule has 90 valence electrons. The zero-order valence-electron chi connectivity index (χ0n) is 9.93. The van der Waals surface area contributed by atoms with Gasteiger partial charge in [-0.15, -0.1) is 0 Å². The van der Waals surface area contributed by atoms with Gasteiger partial charge in [-0.05, 0) is 18.1 Å². The van der Waals surface area contributed by atoms with Gasteiger partial charge in [0.15, 0.2) is 0 Å². The normalized spacial score (nSPS) is 12.9. The van der Waals surface area contributed by atoms with Crippen molar-refractivity contribution in [3.8, 4) is 0 Å². The maximum atomic E-state index is 12.9. The van der Waals surface area contributed by atoms with Gasteiger partial charge in [-0.3, -0.25) is 0 Å².